The Balaban J connectivity index is 1.46. The van der Waals surface area contributed by atoms with Gasteiger partial charge >= 0.3 is 5.97 Å². The Morgan fingerprint density at radius 1 is 1.28 bits per heavy atom. The summed E-state index contributed by atoms with van der Waals surface area (Å²) in [5, 5.41) is 12.6. The van der Waals surface area contributed by atoms with Gasteiger partial charge in [-0.1, -0.05) is 66.8 Å². The predicted molar refractivity (Wildman–Crippen MR) is 155 cm³/mol. The number of nitrogens with zero attached hydrogens (tertiary/aromatic N) is 3. The lowest BCUT2D eigenvalue weighted by Crippen LogP contribution is -2.42. The number of carbonyl (C=O) groups excluding carboxylic acids is 1. The van der Waals surface area contributed by atoms with E-state index in [0.29, 0.717) is 15.7 Å². The van der Waals surface area contributed by atoms with Gasteiger partial charge in [0.15, 0.2) is 5.57 Å². The Morgan fingerprint density at radius 3 is 2.87 bits per heavy atom. The molecule has 8 heteroatoms. The molecular weight excluding hydrogens is 508 g/mol. The molecule has 2 aromatic rings. The minimum absolute atomic E-state index is 0.00943. The normalized spacial score (nSPS) is 18.6. The summed E-state index contributed by atoms with van der Waals surface area (Å²) in [5.74, 6) is 1.04. The highest BCUT2D eigenvalue weighted by Crippen LogP contribution is 2.36. The van der Waals surface area contributed by atoms with Crippen LogP contribution in [0.25, 0.3) is 11.5 Å². The summed E-state index contributed by atoms with van der Waals surface area (Å²) in [7, 11) is 0. The summed E-state index contributed by atoms with van der Waals surface area (Å²) >= 11 is 1.12. The van der Waals surface area contributed by atoms with Crippen molar-refractivity contribution in [3.63, 3.8) is 0 Å². The number of benzene rings is 1. The van der Waals surface area contributed by atoms with E-state index in [9.17, 15) is 14.9 Å². The standard InChI is InChI=1S/C31H36N4O3S/c1-3-18-38-31(37)26(21-32)20-29-35(4-2)30(36)28(39-29)12-15-33-27-11-7-8-23(19-27)13-16-34-17-14-24-9-5-6-10-25(24)22-34/h3,7-8,11,15,19,24-25,33H,1,4-6,9-10,13-14,16-18,22H2,2H3/t12?,20?,24-,25-/m1/s1. The number of nitriles is 1. The van der Waals surface area contributed by atoms with Gasteiger partial charge < -0.3 is 15.0 Å². The summed E-state index contributed by atoms with van der Waals surface area (Å²) in [6, 6.07) is 10.1. The third-order valence-electron chi connectivity index (χ3n) is 7.54. The minimum atomic E-state index is -0.804. The van der Waals surface area contributed by atoms with Crippen molar-refractivity contribution < 1.29 is 9.53 Å². The van der Waals surface area contributed by atoms with Gasteiger partial charge in [-0.2, -0.15) is 5.26 Å². The zero-order valence-electron chi connectivity index (χ0n) is 22.6. The van der Waals surface area contributed by atoms with Gasteiger partial charge in [-0.05, 0) is 62.3 Å². The van der Waals surface area contributed by atoms with E-state index in [-0.39, 0.29) is 17.7 Å². The van der Waals surface area contributed by atoms with E-state index in [1.165, 1.54) is 61.4 Å². The van der Waals surface area contributed by atoms with Crippen molar-refractivity contribution in [3.05, 3.63) is 73.8 Å². The number of thiazole rings is 1. The number of aromatic nitrogens is 1. The number of rotatable bonds is 9. The molecule has 1 aliphatic carbocycles. The van der Waals surface area contributed by atoms with E-state index < -0.39 is 5.97 Å². The van der Waals surface area contributed by atoms with Crippen molar-refractivity contribution in [2.75, 3.05) is 31.6 Å². The summed E-state index contributed by atoms with van der Waals surface area (Å²) < 4.78 is 7.10. The summed E-state index contributed by atoms with van der Waals surface area (Å²) in [6.07, 6.45) is 11.0. The van der Waals surface area contributed by atoms with Crippen molar-refractivity contribution in [1.82, 2.24) is 9.47 Å². The number of piperidine rings is 1. The average Bonchev–Trinajstić information content (AvgIpc) is 3.27. The molecule has 1 N–H and O–H groups in total. The van der Waals surface area contributed by atoms with E-state index >= 15 is 0 Å². The van der Waals surface area contributed by atoms with Gasteiger partial charge in [0.2, 0.25) is 0 Å². The molecule has 4 rings (SSSR count). The Labute approximate surface area is 233 Å². The first-order valence-corrected chi connectivity index (χ1v) is 14.6. The van der Waals surface area contributed by atoms with Gasteiger partial charge in [-0.15, -0.1) is 0 Å². The smallest absolute Gasteiger partial charge is 0.357 e. The second-order valence-corrected chi connectivity index (χ2v) is 11.1. The maximum absolute atomic E-state index is 12.8. The van der Waals surface area contributed by atoms with Crippen LogP contribution in [-0.4, -0.2) is 41.7 Å². The van der Waals surface area contributed by atoms with Crippen molar-refractivity contribution in [2.24, 2.45) is 11.8 Å². The summed E-state index contributed by atoms with van der Waals surface area (Å²) in [6.45, 7) is 9.21. The van der Waals surface area contributed by atoms with Crippen molar-refractivity contribution in [2.45, 2.75) is 52.0 Å². The van der Waals surface area contributed by atoms with E-state index in [4.69, 9.17) is 4.74 Å². The molecule has 1 aromatic carbocycles. The molecule has 0 amide bonds. The molecule has 2 aliphatic rings. The van der Waals surface area contributed by atoms with Gasteiger partial charge in [-0.3, -0.25) is 9.36 Å². The van der Waals surface area contributed by atoms with E-state index in [0.717, 1.165) is 41.8 Å². The fraction of sp³-hybridized carbons (Fsp3) is 0.452. The zero-order valence-corrected chi connectivity index (χ0v) is 23.4. The van der Waals surface area contributed by atoms with Gasteiger partial charge in [0.25, 0.3) is 5.56 Å². The van der Waals surface area contributed by atoms with Crippen LogP contribution in [0.15, 0.2) is 53.5 Å². The Kier molecular flexibility index (Phi) is 10.2. The van der Waals surface area contributed by atoms with Gasteiger partial charge in [0.1, 0.15) is 21.9 Å². The lowest BCUT2D eigenvalue weighted by molar-refractivity contribution is -0.137. The van der Waals surface area contributed by atoms with Crippen LogP contribution in [0.5, 0.6) is 0 Å². The molecule has 1 saturated carbocycles. The van der Waals surface area contributed by atoms with Gasteiger partial charge in [0.05, 0.1) is 0 Å². The topological polar surface area (TPSA) is 87.4 Å². The number of hydrogen-bond donors (Lipinski definition) is 1. The molecule has 7 nitrogen and oxygen atoms in total. The highest BCUT2D eigenvalue weighted by atomic mass is 32.1. The summed E-state index contributed by atoms with van der Waals surface area (Å²) in [4.78, 5) is 27.6. The molecule has 39 heavy (non-hydrogen) atoms. The molecule has 1 aliphatic heterocycles. The predicted octanol–water partition coefficient (Wildman–Crippen LogP) is 3.55. The Bertz CT molecular complexity index is 1480. The lowest BCUT2D eigenvalue weighted by Gasteiger charge is -2.41. The van der Waals surface area contributed by atoms with E-state index in [1.807, 2.05) is 19.1 Å². The number of carbonyl (C=O) groups is 1. The first-order chi connectivity index (χ1) is 19.0. The number of anilines is 1. The van der Waals surface area contributed by atoms with Crippen LogP contribution < -0.4 is 20.1 Å². The third-order valence-corrected chi connectivity index (χ3v) is 8.55. The number of esters is 1. The number of likely N-dealkylation sites (tertiary alicyclic amines) is 1. The van der Waals surface area contributed by atoms with Crippen LogP contribution in [0.4, 0.5) is 5.69 Å². The second kappa shape index (κ2) is 14.0. The van der Waals surface area contributed by atoms with E-state index in [1.54, 1.807) is 12.3 Å². The highest BCUT2D eigenvalue weighted by molar-refractivity contribution is 7.07. The maximum Gasteiger partial charge on any atom is 0.357 e. The van der Waals surface area contributed by atoms with Gasteiger partial charge in [0, 0.05) is 31.5 Å². The second-order valence-electron chi connectivity index (χ2n) is 10.1. The molecule has 1 aromatic heterocycles. The molecule has 0 radical (unpaired) electrons. The Morgan fingerprint density at radius 2 is 2.10 bits per heavy atom. The van der Waals surface area contributed by atoms with Crippen molar-refractivity contribution >= 4 is 34.5 Å². The fourth-order valence-electron chi connectivity index (χ4n) is 5.49. The van der Waals surface area contributed by atoms with Crippen LogP contribution in [0, 0.1) is 23.2 Å². The number of fused-ring (bicyclic) bond motifs is 1. The lowest BCUT2D eigenvalue weighted by atomic mass is 9.75. The van der Waals surface area contributed by atoms with Crippen molar-refractivity contribution in [1.29, 1.82) is 5.26 Å². The van der Waals surface area contributed by atoms with E-state index in [2.05, 4.69) is 40.4 Å². The SMILES string of the molecule is C=CCOC(=O)C(=C=c1sc(=C=CNc2cccc(CCN3CC[C@H]4CCCC[C@@H]4C3)c2)c(=O)n1CC)C#N. The largest absolute Gasteiger partial charge is 0.457 e. The summed E-state index contributed by atoms with van der Waals surface area (Å²) in [5.41, 5.74) is 7.42. The van der Waals surface area contributed by atoms with Crippen LogP contribution in [0.3, 0.4) is 0 Å². The molecule has 2 fully saturated rings. The Hall–Kier alpha value is -3.59. The maximum atomic E-state index is 12.8. The molecule has 0 unspecified atom stereocenters. The van der Waals surface area contributed by atoms with Crippen LogP contribution in [0.1, 0.15) is 44.6 Å². The minimum Gasteiger partial charge on any atom is -0.457 e. The molecule has 0 spiro atoms. The molecule has 204 valence electrons. The first kappa shape index (κ1) is 28.4. The quantitative estimate of drug-likeness (QED) is 0.225. The zero-order chi connectivity index (χ0) is 27.6. The number of ether oxygens (including phenoxy) is 1. The third kappa shape index (κ3) is 7.50. The fourth-order valence-corrected chi connectivity index (χ4v) is 6.47. The van der Waals surface area contributed by atoms with Crippen LogP contribution in [0.2, 0.25) is 0 Å². The number of nitrogens with one attached hydrogen (secondary N) is 1. The number of hydrogen-bond acceptors (Lipinski definition) is 7. The molecule has 2 heterocycles. The van der Waals surface area contributed by atoms with Gasteiger partial charge in [-0.25, -0.2) is 4.79 Å². The van der Waals surface area contributed by atoms with Crippen molar-refractivity contribution in [3.8, 4) is 6.07 Å². The monoisotopic (exact) mass is 544 g/mol. The van der Waals surface area contributed by atoms with Crippen LogP contribution in [-0.2, 0) is 22.5 Å². The molecule has 2 atom stereocenters. The molecular formula is C31H36N4O3S. The molecule has 1 saturated heterocycles. The molecule has 0 bridgehead atoms. The average molecular weight is 545 g/mol. The highest BCUT2D eigenvalue weighted by Gasteiger charge is 2.30. The first-order valence-electron chi connectivity index (χ1n) is 13.7. The van der Waals surface area contributed by atoms with Crippen LogP contribution >= 0.6 is 11.3 Å².